The second-order valence-electron chi connectivity index (χ2n) is 6.12. The lowest BCUT2D eigenvalue weighted by molar-refractivity contribution is -0.170. The maximum absolute atomic E-state index is 12.6. The molecule has 1 aliphatic carbocycles. The first-order valence-corrected chi connectivity index (χ1v) is 8.39. The number of rotatable bonds is 4. The third kappa shape index (κ3) is 3.28. The summed E-state index contributed by atoms with van der Waals surface area (Å²) in [7, 11) is 0. The van der Waals surface area contributed by atoms with Gasteiger partial charge in [0.15, 0.2) is 5.60 Å². The Kier molecular flexibility index (Phi) is 4.86. The number of aliphatic hydroxyl groups is 1. The van der Waals surface area contributed by atoms with Gasteiger partial charge in [-0.15, -0.1) is 0 Å². The van der Waals surface area contributed by atoms with E-state index in [0.717, 1.165) is 11.1 Å². The van der Waals surface area contributed by atoms with E-state index in [1.807, 2.05) is 30.3 Å². The van der Waals surface area contributed by atoms with Crippen molar-refractivity contribution in [3.8, 4) is 0 Å². The number of carbonyl (C=O) groups excluding carboxylic acids is 2. The number of aryl methyl sites for hydroxylation is 1. The fourth-order valence-electron chi connectivity index (χ4n) is 3.25. The molecule has 0 heterocycles. The van der Waals surface area contributed by atoms with E-state index in [2.05, 4.69) is 5.32 Å². The summed E-state index contributed by atoms with van der Waals surface area (Å²) in [4.78, 5) is 25.1. The molecular weight excluding hydrogens is 318 g/mol. The van der Waals surface area contributed by atoms with Gasteiger partial charge in [-0.3, -0.25) is 4.79 Å². The van der Waals surface area contributed by atoms with Crippen molar-refractivity contribution in [2.45, 2.75) is 31.4 Å². The Morgan fingerprint density at radius 2 is 1.84 bits per heavy atom. The third-order valence-corrected chi connectivity index (χ3v) is 4.56. The molecule has 2 N–H and O–H groups in total. The quantitative estimate of drug-likeness (QED) is 0.839. The van der Waals surface area contributed by atoms with E-state index in [0.29, 0.717) is 12.0 Å². The maximum Gasteiger partial charge on any atom is 0.340 e. The molecule has 1 aliphatic rings. The first kappa shape index (κ1) is 17.2. The molecule has 130 valence electrons. The van der Waals surface area contributed by atoms with Gasteiger partial charge in [-0.25, -0.2) is 4.79 Å². The molecule has 0 saturated carbocycles. The molecule has 5 heteroatoms. The van der Waals surface area contributed by atoms with Crippen molar-refractivity contribution in [3.05, 3.63) is 71.3 Å². The second kappa shape index (κ2) is 7.07. The Balaban J connectivity index is 1.97. The van der Waals surface area contributed by atoms with Gasteiger partial charge in [0.1, 0.15) is 0 Å². The summed E-state index contributed by atoms with van der Waals surface area (Å²) in [6.07, 6.45) is 0.742. The van der Waals surface area contributed by atoms with Crippen LogP contribution in [0.4, 0.5) is 0 Å². The maximum atomic E-state index is 12.6. The Morgan fingerprint density at radius 1 is 1.16 bits per heavy atom. The van der Waals surface area contributed by atoms with Crippen LogP contribution in [0.3, 0.4) is 0 Å². The van der Waals surface area contributed by atoms with Crippen LogP contribution in [0.2, 0.25) is 0 Å². The summed E-state index contributed by atoms with van der Waals surface area (Å²) in [6, 6.07) is 15.4. The average Bonchev–Trinajstić information content (AvgIpc) is 2.65. The van der Waals surface area contributed by atoms with Gasteiger partial charge < -0.3 is 15.2 Å². The normalized spacial score (nSPS) is 21.9. The summed E-state index contributed by atoms with van der Waals surface area (Å²) < 4.78 is 5.08. The Morgan fingerprint density at radius 3 is 2.56 bits per heavy atom. The zero-order chi connectivity index (χ0) is 17.9. The predicted molar refractivity (Wildman–Crippen MR) is 93.0 cm³/mol. The molecule has 0 aromatic heterocycles. The predicted octanol–water partition coefficient (Wildman–Crippen LogP) is 2.40. The van der Waals surface area contributed by atoms with Crippen molar-refractivity contribution in [2.24, 2.45) is 0 Å². The molecule has 0 saturated heterocycles. The van der Waals surface area contributed by atoms with Gasteiger partial charge in [0.05, 0.1) is 12.6 Å². The number of hydrogen-bond acceptors (Lipinski definition) is 4. The van der Waals surface area contributed by atoms with E-state index in [4.69, 9.17) is 4.74 Å². The van der Waals surface area contributed by atoms with Crippen molar-refractivity contribution in [2.75, 3.05) is 6.61 Å². The molecule has 0 aliphatic heterocycles. The van der Waals surface area contributed by atoms with Gasteiger partial charge in [0, 0.05) is 5.56 Å². The number of amides is 1. The highest BCUT2D eigenvalue weighted by molar-refractivity contribution is 5.95. The highest BCUT2D eigenvalue weighted by Gasteiger charge is 2.49. The summed E-state index contributed by atoms with van der Waals surface area (Å²) in [5.74, 6) is -1.05. The Labute approximate surface area is 146 Å². The van der Waals surface area contributed by atoms with Gasteiger partial charge in [-0.05, 0) is 43.0 Å². The molecule has 5 nitrogen and oxygen atoms in total. The molecule has 0 radical (unpaired) electrons. The molecular formula is C20H21NO4. The SMILES string of the molecule is CCOC(=O)[C@@]1(O)CCc2ccccc2[C@@H]1NC(=O)c1ccccc1. The van der Waals surface area contributed by atoms with Gasteiger partial charge in [-0.2, -0.15) is 0 Å². The lowest BCUT2D eigenvalue weighted by atomic mass is 9.76. The highest BCUT2D eigenvalue weighted by Crippen LogP contribution is 2.38. The molecule has 0 bridgehead atoms. The van der Waals surface area contributed by atoms with E-state index in [1.54, 1.807) is 31.2 Å². The molecule has 1 amide bonds. The van der Waals surface area contributed by atoms with Crippen molar-refractivity contribution >= 4 is 11.9 Å². The first-order chi connectivity index (χ1) is 12.1. The van der Waals surface area contributed by atoms with Crippen LogP contribution in [-0.4, -0.2) is 29.2 Å². The van der Waals surface area contributed by atoms with Gasteiger partial charge in [-0.1, -0.05) is 42.5 Å². The summed E-state index contributed by atoms with van der Waals surface area (Å²) in [5, 5.41) is 13.9. The summed E-state index contributed by atoms with van der Waals surface area (Å²) in [6.45, 7) is 1.86. The smallest absolute Gasteiger partial charge is 0.340 e. The Bertz CT molecular complexity index is 774. The number of fused-ring (bicyclic) bond motifs is 1. The standard InChI is InChI=1S/C20H21NO4/c1-2-25-19(23)20(24)13-12-14-8-6-7-11-16(14)17(20)21-18(22)15-9-4-3-5-10-15/h3-11,17,24H,2,12-13H2,1H3,(H,21,22)/t17-,20+/m0/s1. The van der Waals surface area contributed by atoms with Crippen molar-refractivity contribution in [1.29, 1.82) is 0 Å². The van der Waals surface area contributed by atoms with Crippen LogP contribution >= 0.6 is 0 Å². The lowest BCUT2D eigenvalue weighted by Crippen LogP contribution is -2.54. The number of hydrogen-bond donors (Lipinski definition) is 2. The van der Waals surface area contributed by atoms with Crippen LogP contribution in [0, 0.1) is 0 Å². The number of benzene rings is 2. The van der Waals surface area contributed by atoms with Crippen molar-refractivity contribution < 1.29 is 19.4 Å². The Hall–Kier alpha value is -2.66. The van der Waals surface area contributed by atoms with E-state index in [9.17, 15) is 14.7 Å². The minimum Gasteiger partial charge on any atom is -0.464 e. The molecule has 2 aromatic carbocycles. The van der Waals surface area contributed by atoms with E-state index >= 15 is 0 Å². The van der Waals surface area contributed by atoms with Crippen LogP contribution in [0.5, 0.6) is 0 Å². The molecule has 0 spiro atoms. The minimum atomic E-state index is -1.78. The van der Waals surface area contributed by atoms with Gasteiger partial charge in [0.25, 0.3) is 5.91 Å². The summed E-state index contributed by atoms with van der Waals surface area (Å²) in [5.41, 5.74) is 0.439. The average molecular weight is 339 g/mol. The van der Waals surface area contributed by atoms with Crippen LogP contribution in [0.25, 0.3) is 0 Å². The van der Waals surface area contributed by atoms with Gasteiger partial charge >= 0.3 is 5.97 Å². The molecule has 2 atom stereocenters. The van der Waals surface area contributed by atoms with E-state index in [1.165, 1.54) is 0 Å². The lowest BCUT2D eigenvalue weighted by Gasteiger charge is -2.39. The topological polar surface area (TPSA) is 75.6 Å². The fourth-order valence-corrected chi connectivity index (χ4v) is 3.25. The second-order valence-corrected chi connectivity index (χ2v) is 6.12. The number of nitrogens with one attached hydrogen (secondary N) is 1. The first-order valence-electron chi connectivity index (χ1n) is 8.39. The summed E-state index contributed by atoms with van der Waals surface area (Å²) >= 11 is 0. The molecule has 25 heavy (non-hydrogen) atoms. The van der Waals surface area contributed by atoms with Crippen molar-refractivity contribution in [1.82, 2.24) is 5.32 Å². The number of ether oxygens (including phenoxy) is 1. The largest absolute Gasteiger partial charge is 0.464 e. The van der Waals surface area contributed by atoms with E-state index < -0.39 is 17.6 Å². The molecule has 0 fully saturated rings. The fraction of sp³-hybridized carbons (Fsp3) is 0.300. The number of esters is 1. The minimum absolute atomic E-state index is 0.169. The third-order valence-electron chi connectivity index (χ3n) is 4.56. The number of carbonyl (C=O) groups is 2. The van der Waals surface area contributed by atoms with Crippen LogP contribution in [0.1, 0.15) is 40.9 Å². The van der Waals surface area contributed by atoms with E-state index in [-0.39, 0.29) is 18.9 Å². The molecule has 2 aromatic rings. The monoisotopic (exact) mass is 339 g/mol. The zero-order valence-corrected chi connectivity index (χ0v) is 14.1. The molecule has 0 unspecified atom stereocenters. The van der Waals surface area contributed by atoms with Crippen molar-refractivity contribution in [3.63, 3.8) is 0 Å². The zero-order valence-electron chi connectivity index (χ0n) is 14.1. The highest BCUT2D eigenvalue weighted by atomic mass is 16.5. The van der Waals surface area contributed by atoms with Crippen LogP contribution < -0.4 is 5.32 Å². The van der Waals surface area contributed by atoms with Crippen LogP contribution in [0.15, 0.2) is 54.6 Å². The van der Waals surface area contributed by atoms with Gasteiger partial charge in [0.2, 0.25) is 0 Å². The molecule has 3 rings (SSSR count). The van der Waals surface area contributed by atoms with Crippen LogP contribution in [-0.2, 0) is 16.0 Å².